The van der Waals surface area contributed by atoms with E-state index in [1.165, 1.54) is 6.07 Å². The lowest BCUT2D eigenvalue weighted by Crippen LogP contribution is -2.05. The highest BCUT2D eigenvalue weighted by Crippen LogP contribution is 2.23. The minimum absolute atomic E-state index is 0.111. The van der Waals surface area contributed by atoms with E-state index in [0.29, 0.717) is 10.0 Å². The van der Waals surface area contributed by atoms with Crippen molar-refractivity contribution in [3.8, 4) is 0 Å². The molecule has 0 saturated carbocycles. The second-order valence-corrected chi connectivity index (χ2v) is 5.15. The van der Waals surface area contributed by atoms with Crippen molar-refractivity contribution in [1.82, 2.24) is 0 Å². The first kappa shape index (κ1) is 13.0. The number of benzene rings is 2. The number of halogens is 2. The molecule has 3 heteroatoms. The Hall–Kier alpha value is -1.48. The van der Waals surface area contributed by atoms with Crippen molar-refractivity contribution in [2.24, 2.45) is 0 Å². The van der Waals surface area contributed by atoms with Crippen LogP contribution in [0.5, 0.6) is 0 Å². The van der Waals surface area contributed by atoms with Crippen LogP contribution >= 0.6 is 15.9 Å². The second-order valence-electron chi connectivity index (χ2n) is 4.30. The number of aryl methyl sites for hydroxylation is 2. The number of hydrogen-bond donors (Lipinski definition) is 0. The molecule has 0 saturated heterocycles. The Morgan fingerprint density at radius 3 is 2.28 bits per heavy atom. The van der Waals surface area contributed by atoms with Crippen LogP contribution in [0.2, 0.25) is 0 Å². The van der Waals surface area contributed by atoms with Crippen molar-refractivity contribution in [2.75, 3.05) is 0 Å². The zero-order valence-electron chi connectivity index (χ0n) is 10.1. The summed E-state index contributed by atoms with van der Waals surface area (Å²) in [6.07, 6.45) is 0. The summed E-state index contributed by atoms with van der Waals surface area (Å²) in [4.78, 5) is 12.3. The van der Waals surface area contributed by atoms with Crippen molar-refractivity contribution in [1.29, 1.82) is 0 Å². The quantitative estimate of drug-likeness (QED) is 0.750. The Morgan fingerprint density at radius 2 is 1.61 bits per heavy atom. The largest absolute Gasteiger partial charge is 0.288 e. The highest BCUT2D eigenvalue weighted by molar-refractivity contribution is 9.10. The average molecular weight is 307 g/mol. The van der Waals surface area contributed by atoms with Gasteiger partial charge < -0.3 is 0 Å². The number of rotatable bonds is 2. The predicted octanol–water partition coefficient (Wildman–Crippen LogP) is 4.44. The van der Waals surface area contributed by atoms with Gasteiger partial charge in [-0.15, -0.1) is 0 Å². The number of carbonyl (C=O) groups is 1. The van der Waals surface area contributed by atoms with Gasteiger partial charge in [0.05, 0.1) is 5.56 Å². The topological polar surface area (TPSA) is 17.1 Å². The van der Waals surface area contributed by atoms with Gasteiger partial charge in [0.15, 0.2) is 5.78 Å². The van der Waals surface area contributed by atoms with Gasteiger partial charge in [-0.3, -0.25) is 4.79 Å². The van der Waals surface area contributed by atoms with Crippen LogP contribution in [0.1, 0.15) is 27.0 Å². The molecule has 0 heterocycles. The minimum Gasteiger partial charge on any atom is -0.288 e. The molecule has 0 aromatic heterocycles. The fourth-order valence-corrected chi connectivity index (χ4v) is 2.44. The standard InChI is InChI=1S/C15H12BrFO/c1-9-4-6-14(17)12(7-9)15(18)11-5-3-10(2)8-13(11)16/h3-8H,1-2H3. The Bertz CT molecular complexity index is 620. The average Bonchev–Trinajstić information content (AvgIpc) is 2.31. The molecule has 0 aliphatic heterocycles. The van der Waals surface area contributed by atoms with Crippen LogP contribution in [-0.4, -0.2) is 5.78 Å². The summed E-state index contributed by atoms with van der Waals surface area (Å²) in [6.45, 7) is 3.77. The third-order valence-corrected chi connectivity index (χ3v) is 3.39. The highest BCUT2D eigenvalue weighted by atomic mass is 79.9. The number of hydrogen-bond acceptors (Lipinski definition) is 1. The molecule has 18 heavy (non-hydrogen) atoms. The van der Waals surface area contributed by atoms with Crippen LogP contribution < -0.4 is 0 Å². The van der Waals surface area contributed by atoms with E-state index in [-0.39, 0.29) is 11.3 Å². The van der Waals surface area contributed by atoms with E-state index in [1.807, 2.05) is 26.0 Å². The van der Waals surface area contributed by atoms with E-state index < -0.39 is 5.82 Å². The molecule has 2 rings (SSSR count). The van der Waals surface area contributed by atoms with Gasteiger partial charge in [0.25, 0.3) is 0 Å². The molecule has 0 unspecified atom stereocenters. The summed E-state index contributed by atoms with van der Waals surface area (Å²) in [5, 5.41) is 0. The Kier molecular flexibility index (Phi) is 3.62. The molecule has 0 N–H and O–H groups in total. The molecule has 0 aliphatic rings. The van der Waals surface area contributed by atoms with E-state index in [2.05, 4.69) is 15.9 Å². The maximum Gasteiger partial charge on any atom is 0.197 e. The maximum absolute atomic E-state index is 13.7. The Balaban J connectivity index is 2.51. The molecule has 0 aliphatic carbocycles. The van der Waals surface area contributed by atoms with Crippen molar-refractivity contribution in [3.63, 3.8) is 0 Å². The van der Waals surface area contributed by atoms with E-state index in [0.717, 1.165) is 11.1 Å². The molecule has 1 nitrogen and oxygen atoms in total. The lowest BCUT2D eigenvalue weighted by atomic mass is 10.0. The van der Waals surface area contributed by atoms with Crippen molar-refractivity contribution in [2.45, 2.75) is 13.8 Å². The number of ketones is 1. The third kappa shape index (κ3) is 2.51. The molecular weight excluding hydrogens is 295 g/mol. The van der Waals surface area contributed by atoms with Gasteiger partial charge in [0.2, 0.25) is 0 Å². The first-order valence-electron chi connectivity index (χ1n) is 5.56. The summed E-state index contributed by atoms with van der Waals surface area (Å²) in [5.74, 6) is -0.791. The van der Waals surface area contributed by atoms with Crippen LogP contribution in [0.25, 0.3) is 0 Å². The summed E-state index contributed by atoms with van der Waals surface area (Å²) in [5.41, 5.74) is 2.50. The molecular formula is C15H12BrFO. The van der Waals surface area contributed by atoms with Crippen molar-refractivity contribution in [3.05, 3.63) is 68.9 Å². The second kappa shape index (κ2) is 5.02. The Labute approximate surface area is 114 Å². The lowest BCUT2D eigenvalue weighted by Gasteiger charge is -2.07. The zero-order valence-corrected chi connectivity index (χ0v) is 11.7. The van der Waals surface area contributed by atoms with Gasteiger partial charge in [0, 0.05) is 10.0 Å². The first-order chi connectivity index (χ1) is 8.49. The van der Waals surface area contributed by atoms with E-state index in [4.69, 9.17) is 0 Å². The Morgan fingerprint density at radius 1 is 1.00 bits per heavy atom. The van der Waals surface area contributed by atoms with E-state index in [9.17, 15) is 9.18 Å². The summed E-state index contributed by atoms with van der Waals surface area (Å²) >= 11 is 3.34. The van der Waals surface area contributed by atoms with E-state index >= 15 is 0 Å². The van der Waals surface area contributed by atoms with Crippen LogP contribution in [0.3, 0.4) is 0 Å². The van der Waals surface area contributed by atoms with Gasteiger partial charge in [-0.2, -0.15) is 0 Å². The van der Waals surface area contributed by atoms with E-state index in [1.54, 1.807) is 18.2 Å². The van der Waals surface area contributed by atoms with Gasteiger partial charge in [0.1, 0.15) is 5.82 Å². The normalized spacial score (nSPS) is 10.4. The highest BCUT2D eigenvalue weighted by Gasteiger charge is 2.16. The van der Waals surface area contributed by atoms with Crippen LogP contribution in [0.4, 0.5) is 4.39 Å². The molecule has 0 bridgehead atoms. The molecule has 2 aromatic carbocycles. The van der Waals surface area contributed by atoms with Gasteiger partial charge in [-0.25, -0.2) is 4.39 Å². The zero-order chi connectivity index (χ0) is 13.3. The fourth-order valence-electron chi connectivity index (χ4n) is 1.76. The fraction of sp³-hybridized carbons (Fsp3) is 0.133. The molecule has 0 radical (unpaired) electrons. The van der Waals surface area contributed by atoms with Gasteiger partial charge in [-0.05, 0) is 43.7 Å². The number of carbonyl (C=O) groups excluding carboxylic acids is 1. The van der Waals surface area contributed by atoms with Crippen LogP contribution in [0.15, 0.2) is 40.9 Å². The molecule has 92 valence electrons. The SMILES string of the molecule is Cc1ccc(C(=O)c2cc(C)ccc2F)c(Br)c1. The van der Waals surface area contributed by atoms with Crippen molar-refractivity contribution < 1.29 is 9.18 Å². The monoisotopic (exact) mass is 306 g/mol. The summed E-state index contributed by atoms with van der Waals surface area (Å²) in [6, 6.07) is 9.95. The molecule has 0 atom stereocenters. The lowest BCUT2D eigenvalue weighted by molar-refractivity contribution is 0.103. The predicted molar refractivity (Wildman–Crippen MR) is 73.4 cm³/mol. The van der Waals surface area contributed by atoms with Gasteiger partial charge in [-0.1, -0.05) is 33.6 Å². The summed E-state index contributed by atoms with van der Waals surface area (Å²) < 4.78 is 14.4. The van der Waals surface area contributed by atoms with Crippen LogP contribution in [-0.2, 0) is 0 Å². The van der Waals surface area contributed by atoms with Gasteiger partial charge >= 0.3 is 0 Å². The summed E-state index contributed by atoms with van der Waals surface area (Å²) in [7, 11) is 0. The van der Waals surface area contributed by atoms with Crippen molar-refractivity contribution >= 4 is 21.7 Å². The van der Waals surface area contributed by atoms with Crippen LogP contribution in [0, 0.1) is 19.7 Å². The maximum atomic E-state index is 13.7. The minimum atomic E-state index is -0.488. The third-order valence-electron chi connectivity index (χ3n) is 2.74. The first-order valence-corrected chi connectivity index (χ1v) is 6.35. The molecule has 0 fully saturated rings. The molecule has 0 spiro atoms. The molecule has 2 aromatic rings. The smallest absolute Gasteiger partial charge is 0.197 e. The molecule has 0 amide bonds.